The molecule has 33 heavy (non-hydrogen) atoms. The van der Waals surface area contributed by atoms with Gasteiger partial charge in [-0.25, -0.2) is 4.79 Å². The normalized spacial score (nSPS) is 19.2. The van der Waals surface area contributed by atoms with Crippen molar-refractivity contribution in [2.75, 3.05) is 6.54 Å². The van der Waals surface area contributed by atoms with Gasteiger partial charge in [-0.05, 0) is 36.5 Å². The molecule has 1 aromatic carbocycles. The average molecular weight is 464 g/mol. The molecule has 1 aromatic rings. The summed E-state index contributed by atoms with van der Waals surface area (Å²) in [7, 11) is 0. The van der Waals surface area contributed by atoms with Crippen LogP contribution in [0.2, 0.25) is 0 Å². The van der Waals surface area contributed by atoms with Gasteiger partial charge in [0.05, 0.1) is 18.5 Å². The number of esters is 1. The van der Waals surface area contributed by atoms with E-state index in [4.69, 9.17) is 10.5 Å². The van der Waals surface area contributed by atoms with Crippen LogP contribution in [-0.2, 0) is 30.3 Å². The van der Waals surface area contributed by atoms with E-state index in [2.05, 4.69) is 5.32 Å². The Hall–Kier alpha value is -3.14. The summed E-state index contributed by atoms with van der Waals surface area (Å²) in [5.74, 6) is -2.25. The summed E-state index contributed by atoms with van der Waals surface area (Å²) >= 11 is 0. The molecule has 0 aromatic heterocycles. The first-order chi connectivity index (χ1) is 15.7. The third-order valence-electron chi connectivity index (χ3n) is 6.13. The van der Waals surface area contributed by atoms with Gasteiger partial charge < -0.3 is 30.9 Å². The number of carbonyl (C=O) groups is 4. The number of aliphatic carboxylic acids is 1. The van der Waals surface area contributed by atoms with Gasteiger partial charge in [0.15, 0.2) is 0 Å². The van der Waals surface area contributed by atoms with Gasteiger partial charge in [0.2, 0.25) is 12.3 Å². The van der Waals surface area contributed by atoms with E-state index in [1.54, 1.807) is 12.1 Å². The Morgan fingerprint density at radius 1 is 1.30 bits per heavy atom. The minimum absolute atomic E-state index is 0.0503. The molecular formula is C23H33N3O7. The zero-order valence-corrected chi connectivity index (χ0v) is 19.0. The van der Waals surface area contributed by atoms with Crippen LogP contribution in [0.15, 0.2) is 24.3 Å². The molecule has 0 radical (unpaired) electrons. The number of likely N-dealkylation sites (tertiary alicyclic amines) is 1. The molecule has 1 aliphatic heterocycles. The second-order valence-electron chi connectivity index (χ2n) is 8.43. The van der Waals surface area contributed by atoms with E-state index in [1.807, 2.05) is 13.8 Å². The first-order valence-electron chi connectivity index (χ1n) is 11.1. The number of hydrogen-bond donors (Lipinski definition) is 4. The van der Waals surface area contributed by atoms with E-state index in [-0.39, 0.29) is 24.0 Å². The Labute approximate surface area is 193 Å². The van der Waals surface area contributed by atoms with Crippen LogP contribution in [0.25, 0.3) is 0 Å². The molecule has 2 rings (SSSR count). The van der Waals surface area contributed by atoms with Crippen molar-refractivity contribution < 1.29 is 34.1 Å². The first kappa shape index (κ1) is 26.1. The maximum absolute atomic E-state index is 13.0. The number of benzene rings is 1. The molecular weight excluding hydrogens is 430 g/mol. The van der Waals surface area contributed by atoms with Crippen LogP contribution in [0.5, 0.6) is 5.75 Å². The smallest absolute Gasteiger partial charge is 0.329 e. The van der Waals surface area contributed by atoms with Gasteiger partial charge in [-0.1, -0.05) is 32.4 Å². The maximum Gasteiger partial charge on any atom is 0.329 e. The molecule has 2 amide bonds. The van der Waals surface area contributed by atoms with Crippen LogP contribution in [0.4, 0.5) is 0 Å². The number of nitrogens with zero attached hydrogens (tertiary/aromatic N) is 1. The monoisotopic (exact) mass is 463 g/mol. The highest BCUT2D eigenvalue weighted by Gasteiger charge is 2.41. The van der Waals surface area contributed by atoms with Gasteiger partial charge in [-0.15, -0.1) is 0 Å². The maximum atomic E-state index is 13.0. The summed E-state index contributed by atoms with van der Waals surface area (Å²) in [6, 6.07) is 3.71. The third kappa shape index (κ3) is 7.18. The molecule has 10 nitrogen and oxygen atoms in total. The van der Waals surface area contributed by atoms with Crippen molar-refractivity contribution in [2.45, 2.75) is 70.2 Å². The van der Waals surface area contributed by atoms with Gasteiger partial charge in [-0.2, -0.15) is 0 Å². The molecule has 10 heteroatoms. The fraction of sp³-hybridized carbons (Fsp3) is 0.565. The number of amides is 2. The Morgan fingerprint density at radius 2 is 1.97 bits per heavy atom. The third-order valence-corrected chi connectivity index (χ3v) is 6.13. The van der Waals surface area contributed by atoms with Crippen LogP contribution in [0, 0.1) is 5.92 Å². The SMILES string of the molecule is CCC(C)[C@H](N)C(=O)N1CCC[C@H]1[C@H](CC(=O)O)OC(=O)[C@H](Cc1ccc(O)cc1)NC=O. The fourth-order valence-corrected chi connectivity index (χ4v) is 3.96. The van der Waals surface area contributed by atoms with Crippen molar-refractivity contribution in [3.05, 3.63) is 29.8 Å². The van der Waals surface area contributed by atoms with Crippen LogP contribution in [-0.4, -0.2) is 70.1 Å². The molecule has 1 heterocycles. The number of rotatable bonds is 12. The molecule has 5 N–H and O–H groups in total. The lowest BCUT2D eigenvalue weighted by atomic mass is 9.97. The topological polar surface area (TPSA) is 159 Å². The highest BCUT2D eigenvalue weighted by Crippen LogP contribution is 2.26. The lowest BCUT2D eigenvalue weighted by Crippen LogP contribution is -2.53. The Bertz CT molecular complexity index is 830. The zero-order chi connectivity index (χ0) is 24.5. The average Bonchev–Trinajstić information content (AvgIpc) is 3.27. The first-order valence-corrected chi connectivity index (χ1v) is 11.1. The van der Waals surface area contributed by atoms with Crippen LogP contribution in [0.3, 0.4) is 0 Å². The Balaban J connectivity index is 2.19. The molecule has 0 aliphatic carbocycles. The van der Waals surface area contributed by atoms with E-state index in [9.17, 15) is 29.4 Å². The van der Waals surface area contributed by atoms with Crippen molar-refractivity contribution >= 4 is 24.3 Å². The van der Waals surface area contributed by atoms with Gasteiger partial charge in [0.25, 0.3) is 0 Å². The van der Waals surface area contributed by atoms with E-state index < -0.39 is 42.6 Å². The standard InChI is InChI=1S/C23H33N3O7/c1-3-14(2)21(24)22(31)26-10-4-5-18(26)19(12-20(29)30)33-23(32)17(25-13-27)11-15-6-8-16(28)9-7-15/h6-9,13-14,17-19,21,28H,3-5,10-12,24H2,1-2H3,(H,25,27)(H,29,30)/t14?,17-,18-,19-,21-/m0/s1. The predicted molar refractivity (Wildman–Crippen MR) is 119 cm³/mol. The van der Waals surface area contributed by atoms with E-state index >= 15 is 0 Å². The summed E-state index contributed by atoms with van der Waals surface area (Å²) in [5, 5.41) is 21.2. The quantitative estimate of drug-likeness (QED) is 0.262. The summed E-state index contributed by atoms with van der Waals surface area (Å²) < 4.78 is 5.58. The minimum Gasteiger partial charge on any atom is -0.508 e. The molecule has 0 saturated carbocycles. The van der Waals surface area contributed by atoms with Crippen molar-refractivity contribution in [2.24, 2.45) is 11.7 Å². The summed E-state index contributed by atoms with van der Waals surface area (Å²) in [4.78, 5) is 50.0. The van der Waals surface area contributed by atoms with Crippen molar-refractivity contribution in [3.63, 3.8) is 0 Å². The number of hydrogen-bond acceptors (Lipinski definition) is 7. The lowest BCUT2D eigenvalue weighted by Gasteiger charge is -2.34. The molecule has 0 bridgehead atoms. The highest BCUT2D eigenvalue weighted by atomic mass is 16.5. The van der Waals surface area contributed by atoms with Gasteiger partial charge in [0, 0.05) is 13.0 Å². The van der Waals surface area contributed by atoms with Gasteiger partial charge in [0.1, 0.15) is 17.9 Å². The lowest BCUT2D eigenvalue weighted by molar-refractivity contribution is -0.161. The van der Waals surface area contributed by atoms with Crippen LogP contribution >= 0.6 is 0 Å². The number of carboxylic acids is 1. The summed E-state index contributed by atoms with van der Waals surface area (Å²) in [6.45, 7) is 4.22. The van der Waals surface area contributed by atoms with Crippen LogP contribution in [0.1, 0.15) is 45.1 Å². The molecule has 1 unspecified atom stereocenters. The number of phenols is 1. The molecule has 1 aliphatic rings. The number of phenolic OH excluding ortho intramolecular Hbond substituents is 1. The molecule has 182 valence electrons. The summed E-state index contributed by atoms with van der Waals surface area (Å²) in [6.07, 6.45) is 0.732. The van der Waals surface area contributed by atoms with E-state index in [0.29, 0.717) is 31.4 Å². The van der Waals surface area contributed by atoms with Crippen LogP contribution < -0.4 is 11.1 Å². The Kier molecular flexibility index (Phi) is 9.65. The zero-order valence-electron chi connectivity index (χ0n) is 19.0. The van der Waals surface area contributed by atoms with E-state index in [0.717, 1.165) is 6.42 Å². The fourth-order valence-electron chi connectivity index (χ4n) is 3.96. The number of nitrogens with one attached hydrogen (secondary N) is 1. The minimum atomic E-state index is -1.17. The Morgan fingerprint density at radius 3 is 2.55 bits per heavy atom. The van der Waals surface area contributed by atoms with Gasteiger partial charge in [-0.3, -0.25) is 14.4 Å². The molecule has 5 atom stereocenters. The van der Waals surface area contributed by atoms with Crippen molar-refractivity contribution in [1.82, 2.24) is 10.2 Å². The summed E-state index contributed by atoms with van der Waals surface area (Å²) in [5.41, 5.74) is 6.78. The van der Waals surface area contributed by atoms with Crippen molar-refractivity contribution in [3.8, 4) is 5.75 Å². The largest absolute Gasteiger partial charge is 0.508 e. The number of carbonyl (C=O) groups excluding carboxylic acids is 3. The number of ether oxygens (including phenoxy) is 1. The van der Waals surface area contributed by atoms with Crippen molar-refractivity contribution in [1.29, 1.82) is 0 Å². The number of aromatic hydroxyl groups is 1. The number of carboxylic acid groups (broad SMARTS) is 1. The predicted octanol–water partition coefficient (Wildman–Crippen LogP) is 0.800. The molecule has 1 saturated heterocycles. The number of nitrogens with two attached hydrogens (primary N) is 1. The molecule has 1 fully saturated rings. The second kappa shape index (κ2) is 12.2. The molecule has 0 spiro atoms. The second-order valence-corrected chi connectivity index (χ2v) is 8.43. The van der Waals surface area contributed by atoms with Gasteiger partial charge >= 0.3 is 11.9 Å². The highest BCUT2D eigenvalue weighted by molar-refractivity contribution is 5.83. The van der Waals surface area contributed by atoms with E-state index in [1.165, 1.54) is 17.0 Å².